The first-order chi connectivity index (χ1) is 13.5. The third-order valence-electron chi connectivity index (χ3n) is 3.97. The summed E-state index contributed by atoms with van der Waals surface area (Å²) < 4.78 is 40.4. The van der Waals surface area contributed by atoms with Gasteiger partial charge in [-0.3, -0.25) is 4.79 Å². The minimum absolute atomic E-state index is 0.141. The Bertz CT molecular complexity index is 1110. The molecule has 1 aromatic heterocycles. The van der Waals surface area contributed by atoms with Gasteiger partial charge in [-0.1, -0.05) is 24.3 Å². The molecule has 144 valence electrons. The van der Waals surface area contributed by atoms with Crippen LogP contribution in [0.2, 0.25) is 0 Å². The van der Waals surface area contributed by atoms with Crippen molar-refractivity contribution in [3.63, 3.8) is 0 Å². The molecule has 28 heavy (non-hydrogen) atoms. The number of nitrogens with one attached hydrogen (secondary N) is 1. The fourth-order valence-electron chi connectivity index (χ4n) is 2.59. The van der Waals surface area contributed by atoms with E-state index in [4.69, 9.17) is 13.9 Å². The van der Waals surface area contributed by atoms with Gasteiger partial charge in [0.1, 0.15) is 5.75 Å². The first-order valence-electron chi connectivity index (χ1n) is 8.28. The predicted molar refractivity (Wildman–Crippen MR) is 95.4 cm³/mol. The summed E-state index contributed by atoms with van der Waals surface area (Å²) >= 11 is 0. The van der Waals surface area contributed by atoms with Crippen molar-refractivity contribution in [3.05, 3.63) is 65.9 Å². The van der Waals surface area contributed by atoms with E-state index in [0.29, 0.717) is 11.5 Å². The Morgan fingerprint density at radius 2 is 1.82 bits per heavy atom. The smallest absolute Gasteiger partial charge is 0.309 e. The van der Waals surface area contributed by atoms with E-state index in [9.17, 15) is 13.2 Å². The molecule has 0 spiro atoms. The Balaban J connectivity index is 1.39. The average Bonchev–Trinajstić information content (AvgIpc) is 3.35. The first-order valence-corrected chi connectivity index (χ1v) is 9.93. The molecule has 1 aliphatic rings. The van der Waals surface area contributed by atoms with Crippen LogP contribution in [0.1, 0.15) is 22.1 Å². The lowest BCUT2D eigenvalue weighted by Crippen LogP contribution is -2.23. The summed E-state index contributed by atoms with van der Waals surface area (Å²) in [7, 11) is -3.64. The minimum atomic E-state index is -3.64. The molecule has 4 rings (SSSR count). The van der Waals surface area contributed by atoms with Gasteiger partial charge in [0, 0.05) is 6.54 Å². The van der Waals surface area contributed by atoms with E-state index < -0.39 is 21.5 Å². The molecule has 1 amide bonds. The summed E-state index contributed by atoms with van der Waals surface area (Å²) in [5, 5.41) is 9.92. The Hall–Kier alpha value is -3.40. The second kappa shape index (κ2) is 7.31. The molecule has 0 fully saturated rings. The first kappa shape index (κ1) is 18.0. The summed E-state index contributed by atoms with van der Waals surface area (Å²) in [5.74, 6) is -0.293. The standard InChI is InChI=1S/C18H15N3O6S/c22-17(19-9-12-6-7-14-15(8-12)26-11-25-14)18-21-20-16(27-18)10-28(23,24)13-4-2-1-3-5-13/h1-8H,9-11H2,(H,19,22). The highest BCUT2D eigenvalue weighted by Gasteiger charge is 2.22. The number of ether oxygens (including phenoxy) is 2. The Labute approximate surface area is 160 Å². The number of rotatable bonds is 6. The number of carbonyl (C=O) groups is 1. The maximum atomic E-state index is 12.3. The number of sulfone groups is 1. The number of amides is 1. The molecule has 0 aliphatic carbocycles. The fourth-order valence-corrected chi connectivity index (χ4v) is 3.77. The zero-order valence-corrected chi connectivity index (χ0v) is 15.3. The second-order valence-corrected chi connectivity index (χ2v) is 7.93. The normalized spacial score (nSPS) is 12.7. The fraction of sp³-hybridized carbons (Fsp3) is 0.167. The predicted octanol–water partition coefficient (Wildman–Crippen LogP) is 1.70. The molecular formula is C18H15N3O6S. The van der Waals surface area contributed by atoms with Gasteiger partial charge in [-0.2, -0.15) is 0 Å². The molecule has 9 nitrogen and oxygen atoms in total. The van der Waals surface area contributed by atoms with E-state index in [1.165, 1.54) is 12.1 Å². The van der Waals surface area contributed by atoms with Crippen LogP contribution < -0.4 is 14.8 Å². The zero-order valence-electron chi connectivity index (χ0n) is 14.5. The molecule has 1 aliphatic heterocycles. The lowest BCUT2D eigenvalue weighted by Gasteiger charge is -2.04. The molecule has 0 unspecified atom stereocenters. The van der Waals surface area contributed by atoms with Gasteiger partial charge >= 0.3 is 11.8 Å². The maximum absolute atomic E-state index is 12.3. The second-order valence-electron chi connectivity index (χ2n) is 5.94. The molecule has 0 saturated heterocycles. The number of fused-ring (bicyclic) bond motifs is 1. The van der Waals surface area contributed by atoms with E-state index in [0.717, 1.165) is 5.56 Å². The molecule has 0 bridgehead atoms. The van der Waals surface area contributed by atoms with Crippen molar-refractivity contribution in [3.8, 4) is 11.5 Å². The van der Waals surface area contributed by atoms with Crippen molar-refractivity contribution >= 4 is 15.7 Å². The van der Waals surface area contributed by atoms with E-state index in [2.05, 4.69) is 15.5 Å². The van der Waals surface area contributed by atoms with Crippen molar-refractivity contribution in [1.82, 2.24) is 15.5 Å². The summed E-state index contributed by atoms with van der Waals surface area (Å²) in [6.45, 7) is 0.372. The molecule has 2 heterocycles. The van der Waals surface area contributed by atoms with E-state index in [-0.39, 0.29) is 30.0 Å². The molecule has 0 radical (unpaired) electrons. The maximum Gasteiger partial charge on any atom is 0.309 e. The number of benzene rings is 2. The highest BCUT2D eigenvalue weighted by molar-refractivity contribution is 7.90. The largest absolute Gasteiger partial charge is 0.454 e. The summed E-state index contributed by atoms with van der Waals surface area (Å²) in [6, 6.07) is 13.2. The highest BCUT2D eigenvalue weighted by Crippen LogP contribution is 2.32. The van der Waals surface area contributed by atoms with Crippen LogP contribution in [-0.2, 0) is 22.1 Å². The number of carbonyl (C=O) groups excluding carboxylic acids is 1. The van der Waals surface area contributed by atoms with Crippen LogP contribution in [0, 0.1) is 0 Å². The van der Waals surface area contributed by atoms with Gasteiger partial charge in [0.15, 0.2) is 21.3 Å². The summed E-state index contributed by atoms with van der Waals surface area (Å²) in [5.41, 5.74) is 0.795. The van der Waals surface area contributed by atoms with Gasteiger partial charge in [-0.05, 0) is 29.8 Å². The molecule has 10 heteroatoms. The third kappa shape index (κ3) is 3.81. The Morgan fingerprint density at radius 1 is 1.04 bits per heavy atom. The van der Waals surface area contributed by atoms with Gasteiger partial charge in [0.05, 0.1) is 4.90 Å². The minimum Gasteiger partial charge on any atom is -0.454 e. The van der Waals surface area contributed by atoms with Crippen molar-refractivity contribution in [2.75, 3.05) is 6.79 Å². The number of hydrogen-bond acceptors (Lipinski definition) is 8. The molecule has 2 aromatic carbocycles. The van der Waals surface area contributed by atoms with E-state index in [1.54, 1.807) is 36.4 Å². The third-order valence-corrected chi connectivity index (χ3v) is 5.58. The Kier molecular flexibility index (Phi) is 4.70. The SMILES string of the molecule is O=C(NCc1ccc2c(c1)OCO2)c1nnc(CS(=O)(=O)c2ccccc2)o1. The quantitative estimate of drug-likeness (QED) is 0.663. The van der Waals surface area contributed by atoms with Crippen LogP contribution in [0.5, 0.6) is 11.5 Å². The summed E-state index contributed by atoms with van der Waals surface area (Å²) in [4.78, 5) is 12.3. The van der Waals surface area contributed by atoms with Crippen LogP contribution in [0.15, 0.2) is 57.8 Å². The van der Waals surface area contributed by atoms with Crippen LogP contribution in [-0.4, -0.2) is 31.3 Å². The van der Waals surface area contributed by atoms with Crippen LogP contribution >= 0.6 is 0 Å². The van der Waals surface area contributed by atoms with Gasteiger partial charge in [0.25, 0.3) is 0 Å². The van der Waals surface area contributed by atoms with Crippen LogP contribution in [0.25, 0.3) is 0 Å². The number of hydrogen-bond donors (Lipinski definition) is 1. The molecule has 1 N–H and O–H groups in total. The van der Waals surface area contributed by atoms with Crippen LogP contribution in [0.4, 0.5) is 0 Å². The zero-order chi connectivity index (χ0) is 19.6. The van der Waals surface area contributed by atoms with Crippen molar-refractivity contribution in [2.24, 2.45) is 0 Å². The monoisotopic (exact) mass is 401 g/mol. The molecule has 0 saturated carbocycles. The summed E-state index contributed by atoms with van der Waals surface area (Å²) in [6.07, 6.45) is 0. The number of nitrogens with zero attached hydrogens (tertiary/aromatic N) is 2. The van der Waals surface area contributed by atoms with Crippen molar-refractivity contribution < 1.29 is 27.1 Å². The van der Waals surface area contributed by atoms with Gasteiger partial charge in [-0.15, -0.1) is 10.2 Å². The van der Waals surface area contributed by atoms with E-state index in [1.807, 2.05) is 0 Å². The molecular weight excluding hydrogens is 386 g/mol. The van der Waals surface area contributed by atoms with Gasteiger partial charge < -0.3 is 19.2 Å². The molecule has 0 atom stereocenters. The number of aromatic nitrogens is 2. The van der Waals surface area contributed by atoms with Crippen molar-refractivity contribution in [2.45, 2.75) is 17.2 Å². The highest BCUT2D eigenvalue weighted by atomic mass is 32.2. The lowest BCUT2D eigenvalue weighted by molar-refractivity contribution is 0.0914. The lowest BCUT2D eigenvalue weighted by atomic mass is 10.2. The van der Waals surface area contributed by atoms with Gasteiger partial charge in [-0.25, -0.2) is 8.42 Å². The van der Waals surface area contributed by atoms with E-state index >= 15 is 0 Å². The Morgan fingerprint density at radius 3 is 2.64 bits per heavy atom. The van der Waals surface area contributed by atoms with Crippen LogP contribution in [0.3, 0.4) is 0 Å². The topological polar surface area (TPSA) is 121 Å². The van der Waals surface area contributed by atoms with Gasteiger partial charge in [0.2, 0.25) is 12.7 Å². The van der Waals surface area contributed by atoms with Crippen molar-refractivity contribution in [1.29, 1.82) is 0 Å². The molecule has 3 aromatic rings. The average molecular weight is 401 g/mol.